The highest BCUT2D eigenvalue weighted by atomic mass is 32.2. The van der Waals surface area contributed by atoms with Crippen molar-refractivity contribution in [2.45, 2.75) is 31.1 Å². The van der Waals surface area contributed by atoms with Gasteiger partial charge in [-0.05, 0) is 18.6 Å². The van der Waals surface area contributed by atoms with Crippen LogP contribution in [0, 0.1) is 5.82 Å². The van der Waals surface area contributed by atoms with Crippen LogP contribution in [0.1, 0.15) is 19.8 Å². The zero-order valence-electron chi connectivity index (χ0n) is 12.6. The molecule has 2 aliphatic rings. The second-order valence-electron chi connectivity index (χ2n) is 5.66. The highest BCUT2D eigenvalue weighted by Gasteiger charge is 2.49. The average molecular weight is 356 g/mol. The number of carbonyl (C=O) groups is 1. The van der Waals surface area contributed by atoms with Gasteiger partial charge in [-0.3, -0.25) is 4.79 Å². The first-order valence-electron chi connectivity index (χ1n) is 7.43. The van der Waals surface area contributed by atoms with E-state index in [1.54, 1.807) is 23.1 Å². The second-order valence-corrected chi connectivity index (χ2v) is 9.02. The molecule has 0 saturated carbocycles. The van der Waals surface area contributed by atoms with Crippen LogP contribution in [0.5, 0.6) is 0 Å². The Hall–Kier alpha value is -1.41. The van der Waals surface area contributed by atoms with Gasteiger partial charge in [-0.1, -0.05) is 30.8 Å². The molecule has 0 aromatic heterocycles. The predicted octanol–water partition coefficient (Wildman–Crippen LogP) is 2.23. The number of anilines is 1. The van der Waals surface area contributed by atoms with E-state index in [1.165, 1.54) is 17.8 Å². The van der Waals surface area contributed by atoms with Crippen molar-refractivity contribution in [1.29, 1.82) is 0 Å². The Balaban J connectivity index is 2.01. The third-order valence-electron chi connectivity index (χ3n) is 3.86. The number of halogens is 1. The number of hydrogen-bond acceptors (Lipinski definition) is 4. The number of benzene rings is 1. The smallest absolute Gasteiger partial charge is 0.248 e. The fourth-order valence-electron chi connectivity index (χ4n) is 2.87. The minimum absolute atomic E-state index is 0.0360. The van der Waals surface area contributed by atoms with Crippen LogP contribution in [0.4, 0.5) is 10.1 Å². The van der Waals surface area contributed by atoms with E-state index in [-0.39, 0.29) is 34.4 Å². The topological polar surface area (TPSA) is 66.8 Å². The van der Waals surface area contributed by atoms with Gasteiger partial charge in [-0.25, -0.2) is 12.8 Å². The highest BCUT2D eigenvalue weighted by molar-refractivity contribution is 8.16. The maximum atomic E-state index is 14.2. The van der Waals surface area contributed by atoms with Gasteiger partial charge in [-0.15, -0.1) is 0 Å². The number of nitrogens with zero attached hydrogens (tertiary/aromatic N) is 2. The predicted molar refractivity (Wildman–Crippen MR) is 90.0 cm³/mol. The number of amidine groups is 1. The van der Waals surface area contributed by atoms with Crippen LogP contribution in [0.15, 0.2) is 29.3 Å². The van der Waals surface area contributed by atoms with Crippen LogP contribution in [-0.2, 0) is 14.6 Å². The molecule has 0 aliphatic carbocycles. The Morgan fingerprint density at radius 1 is 1.39 bits per heavy atom. The standard InChI is InChI=1S/C15H17FN2O3S2/c1-2-5-14(19)17-15-18(11-7-4-3-6-10(11)16)12-8-23(20,21)9-13(12)22-15/h3-4,6-7,12-13H,2,5,8-9H2,1H3/t12-,13-/m0/s1. The fraction of sp³-hybridized carbons (Fsp3) is 0.467. The molecule has 124 valence electrons. The lowest BCUT2D eigenvalue weighted by Crippen LogP contribution is -2.38. The quantitative estimate of drug-likeness (QED) is 0.831. The first-order chi connectivity index (χ1) is 10.9. The van der Waals surface area contributed by atoms with Crippen molar-refractivity contribution < 1.29 is 17.6 Å². The summed E-state index contributed by atoms with van der Waals surface area (Å²) in [5.41, 5.74) is 0.271. The molecule has 2 saturated heterocycles. The molecule has 1 aromatic rings. The highest BCUT2D eigenvalue weighted by Crippen LogP contribution is 2.41. The molecule has 0 N–H and O–H groups in total. The van der Waals surface area contributed by atoms with E-state index in [4.69, 9.17) is 0 Å². The van der Waals surface area contributed by atoms with Crippen LogP contribution < -0.4 is 4.90 Å². The summed E-state index contributed by atoms with van der Waals surface area (Å²) in [6.07, 6.45) is 1.00. The molecule has 5 nitrogen and oxygen atoms in total. The number of thioether (sulfide) groups is 1. The molecule has 1 aromatic carbocycles. The summed E-state index contributed by atoms with van der Waals surface area (Å²) >= 11 is 1.26. The number of amides is 1. The first kappa shape index (κ1) is 16.4. The third-order valence-corrected chi connectivity index (χ3v) is 7.07. The zero-order chi connectivity index (χ0) is 16.6. The van der Waals surface area contributed by atoms with Gasteiger partial charge >= 0.3 is 0 Å². The van der Waals surface area contributed by atoms with E-state index in [2.05, 4.69) is 4.99 Å². The number of fused-ring (bicyclic) bond motifs is 1. The molecule has 23 heavy (non-hydrogen) atoms. The second kappa shape index (κ2) is 6.24. The van der Waals surface area contributed by atoms with Gasteiger partial charge in [0, 0.05) is 11.7 Å². The van der Waals surface area contributed by atoms with Crippen molar-refractivity contribution >= 4 is 38.4 Å². The Labute approximate surface area is 138 Å². The molecule has 8 heteroatoms. The van der Waals surface area contributed by atoms with Crippen molar-refractivity contribution in [2.75, 3.05) is 16.4 Å². The minimum atomic E-state index is -3.15. The molecule has 0 radical (unpaired) electrons. The molecule has 0 unspecified atom stereocenters. The number of hydrogen-bond donors (Lipinski definition) is 0. The van der Waals surface area contributed by atoms with Crippen LogP contribution >= 0.6 is 11.8 Å². The van der Waals surface area contributed by atoms with Crippen molar-refractivity contribution in [3.8, 4) is 0 Å². The van der Waals surface area contributed by atoms with E-state index in [9.17, 15) is 17.6 Å². The SMILES string of the molecule is CCCC(=O)N=C1S[C@H]2CS(=O)(=O)C[C@@H]2N1c1ccccc1F. The van der Waals surface area contributed by atoms with E-state index in [0.717, 1.165) is 0 Å². The summed E-state index contributed by atoms with van der Waals surface area (Å²) in [5.74, 6) is -0.721. The Bertz CT molecular complexity index is 764. The number of sulfone groups is 1. The molecular formula is C15H17FN2O3S2. The lowest BCUT2D eigenvalue weighted by molar-refractivity contribution is -0.117. The summed E-state index contributed by atoms with van der Waals surface area (Å²) in [5, 5.41) is 0.186. The Kier molecular flexibility index (Phi) is 4.46. The van der Waals surface area contributed by atoms with Crippen LogP contribution in [-0.4, -0.2) is 42.3 Å². The van der Waals surface area contributed by atoms with Crippen LogP contribution in [0.3, 0.4) is 0 Å². The van der Waals surface area contributed by atoms with Crippen molar-refractivity contribution in [2.24, 2.45) is 4.99 Å². The van der Waals surface area contributed by atoms with Gasteiger partial charge in [0.25, 0.3) is 0 Å². The van der Waals surface area contributed by atoms with Crippen LogP contribution in [0.25, 0.3) is 0 Å². The molecule has 3 rings (SSSR count). The van der Waals surface area contributed by atoms with Crippen molar-refractivity contribution in [3.05, 3.63) is 30.1 Å². The van der Waals surface area contributed by atoms with Crippen molar-refractivity contribution in [3.63, 3.8) is 0 Å². The summed E-state index contributed by atoms with van der Waals surface area (Å²) in [6, 6.07) is 5.79. The molecule has 0 spiro atoms. The van der Waals surface area contributed by atoms with Gasteiger partial charge in [0.05, 0.1) is 23.2 Å². The van der Waals surface area contributed by atoms with Gasteiger partial charge < -0.3 is 4.90 Å². The van der Waals surface area contributed by atoms with Crippen LogP contribution in [0.2, 0.25) is 0 Å². The first-order valence-corrected chi connectivity index (χ1v) is 10.1. The number of rotatable bonds is 3. The number of para-hydroxylation sites is 1. The Morgan fingerprint density at radius 2 is 2.13 bits per heavy atom. The zero-order valence-corrected chi connectivity index (χ0v) is 14.2. The molecular weight excluding hydrogens is 339 g/mol. The molecule has 2 fully saturated rings. The summed E-state index contributed by atoms with van der Waals surface area (Å²) in [4.78, 5) is 17.6. The molecule has 1 amide bonds. The van der Waals surface area contributed by atoms with Gasteiger partial charge in [0.1, 0.15) is 5.82 Å². The van der Waals surface area contributed by atoms with E-state index in [0.29, 0.717) is 18.0 Å². The Morgan fingerprint density at radius 3 is 2.83 bits per heavy atom. The largest absolute Gasteiger partial charge is 0.313 e. The summed E-state index contributed by atoms with van der Waals surface area (Å²) in [7, 11) is -3.15. The lowest BCUT2D eigenvalue weighted by atomic mass is 10.2. The molecule has 2 heterocycles. The molecule has 2 atom stereocenters. The number of aliphatic imine (C=N–C) groups is 1. The summed E-state index contributed by atoms with van der Waals surface area (Å²) < 4.78 is 38.0. The number of carbonyl (C=O) groups excluding carboxylic acids is 1. The fourth-order valence-corrected chi connectivity index (χ4v) is 6.79. The normalized spacial score (nSPS) is 27.4. The van der Waals surface area contributed by atoms with Gasteiger partial charge in [0.2, 0.25) is 5.91 Å². The lowest BCUT2D eigenvalue weighted by Gasteiger charge is -2.24. The van der Waals surface area contributed by atoms with Crippen molar-refractivity contribution in [1.82, 2.24) is 0 Å². The van der Waals surface area contributed by atoms with Gasteiger partial charge in [-0.2, -0.15) is 4.99 Å². The monoisotopic (exact) mass is 356 g/mol. The summed E-state index contributed by atoms with van der Waals surface area (Å²) in [6.45, 7) is 1.88. The van der Waals surface area contributed by atoms with E-state index < -0.39 is 15.7 Å². The maximum absolute atomic E-state index is 14.2. The maximum Gasteiger partial charge on any atom is 0.248 e. The molecule has 2 aliphatic heterocycles. The third kappa shape index (κ3) is 3.28. The average Bonchev–Trinajstić information content (AvgIpc) is 2.91. The molecule has 0 bridgehead atoms. The van der Waals surface area contributed by atoms with E-state index >= 15 is 0 Å². The van der Waals surface area contributed by atoms with Gasteiger partial charge in [0.15, 0.2) is 15.0 Å². The van der Waals surface area contributed by atoms with E-state index in [1.807, 2.05) is 6.92 Å². The minimum Gasteiger partial charge on any atom is -0.313 e.